The SMILES string of the molecule is O=C(O)CN([Te])c1ccc(F)c2sc(CN(CC(=O)O)S(=O)(=O)c3ccc(-c4ccco4)cc3)cc12. The third-order valence-corrected chi connectivity index (χ3v) is 9.02. The summed E-state index contributed by atoms with van der Waals surface area (Å²) in [6.07, 6.45) is 1.49. The zero-order valence-electron chi connectivity index (χ0n) is 18.3. The fraction of sp³-hybridized carbons (Fsp3) is 0.130. The van der Waals surface area contributed by atoms with Crippen LogP contribution in [0.4, 0.5) is 10.1 Å². The monoisotopic (exact) mass is 647 g/mol. The number of hydrogen-bond acceptors (Lipinski definition) is 7. The van der Waals surface area contributed by atoms with Gasteiger partial charge in [-0.1, -0.05) is 0 Å². The molecule has 0 bridgehead atoms. The van der Waals surface area contributed by atoms with E-state index in [0.29, 0.717) is 27.3 Å². The maximum atomic E-state index is 14.5. The van der Waals surface area contributed by atoms with Crippen molar-refractivity contribution in [2.24, 2.45) is 0 Å². The van der Waals surface area contributed by atoms with Crippen LogP contribution in [-0.4, -0.2) is 70.5 Å². The van der Waals surface area contributed by atoms with Gasteiger partial charge in [0.25, 0.3) is 0 Å². The van der Waals surface area contributed by atoms with Crippen LogP contribution in [0.2, 0.25) is 0 Å². The van der Waals surface area contributed by atoms with Crippen LogP contribution in [0.5, 0.6) is 0 Å². The summed E-state index contributed by atoms with van der Waals surface area (Å²) in [6, 6.07) is 13.5. The van der Waals surface area contributed by atoms with Gasteiger partial charge in [-0.25, -0.2) is 0 Å². The summed E-state index contributed by atoms with van der Waals surface area (Å²) in [5.74, 6) is -2.40. The van der Waals surface area contributed by atoms with E-state index in [9.17, 15) is 27.5 Å². The molecule has 13 heteroatoms. The first-order chi connectivity index (χ1) is 17.1. The predicted octanol–water partition coefficient (Wildman–Crippen LogP) is 3.55. The first kappa shape index (κ1) is 26.1. The van der Waals surface area contributed by atoms with Crippen LogP contribution < -0.4 is 3.15 Å². The molecule has 4 aromatic rings. The molecule has 0 unspecified atom stereocenters. The van der Waals surface area contributed by atoms with Crippen molar-refractivity contribution in [1.29, 1.82) is 0 Å². The van der Waals surface area contributed by atoms with Gasteiger partial charge in [0.15, 0.2) is 0 Å². The van der Waals surface area contributed by atoms with Crippen molar-refractivity contribution in [2.45, 2.75) is 11.4 Å². The fourth-order valence-electron chi connectivity index (χ4n) is 3.56. The first-order valence-corrected chi connectivity index (χ1v) is 13.6. The molecule has 0 saturated carbocycles. The maximum absolute atomic E-state index is 14.5. The van der Waals surface area contributed by atoms with Crippen LogP contribution in [0.15, 0.2) is 70.2 Å². The van der Waals surface area contributed by atoms with Gasteiger partial charge in [-0.15, -0.1) is 0 Å². The number of carboxylic acid groups (broad SMARTS) is 2. The quantitative estimate of drug-likeness (QED) is 0.251. The average Bonchev–Trinajstić information content (AvgIpc) is 3.49. The number of benzene rings is 2. The minimum absolute atomic E-state index is 0.103. The molecule has 0 aliphatic heterocycles. The Labute approximate surface area is 222 Å². The third kappa shape index (κ3) is 5.55. The number of aliphatic carboxylic acids is 2. The van der Waals surface area contributed by atoms with Crippen molar-refractivity contribution in [3.8, 4) is 11.3 Å². The summed E-state index contributed by atoms with van der Waals surface area (Å²) in [4.78, 5) is 22.9. The topological polar surface area (TPSA) is 128 Å². The summed E-state index contributed by atoms with van der Waals surface area (Å²) in [6.45, 7) is -1.43. The average molecular weight is 645 g/mol. The van der Waals surface area contributed by atoms with Crippen LogP contribution in [0, 0.1) is 5.82 Å². The molecule has 0 saturated heterocycles. The van der Waals surface area contributed by atoms with Crippen LogP contribution in [0.3, 0.4) is 0 Å². The molecule has 2 heterocycles. The number of sulfonamides is 1. The number of carbonyl (C=O) groups is 2. The number of anilines is 1. The van der Waals surface area contributed by atoms with Crippen molar-refractivity contribution >= 4 is 71.6 Å². The van der Waals surface area contributed by atoms with Gasteiger partial charge >= 0.3 is 195 Å². The van der Waals surface area contributed by atoms with E-state index in [4.69, 9.17) is 9.52 Å². The molecular weight excluding hydrogens is 627 g/mol. The van der Waals surface area contributed by atoms with E-state index < -0.39 is 34.3 Å². The molecule has 0 aliphatic carbocycles. The zero-order valence-corrected chi connectivity index (χ0v) is 22.3. The van der Waals surface area contributed by atoms with Crippen molar-refractivity contribution in [3.63, 3.8) is 0 Å². The van der Waals surface area contributed by atoms with Gasteiger partial charge in [0, 0.05) is 0 Å². The second-order valence-corrected chi connectivity index (χ2v) is 12.0. The van der Waals surface area contributed by atoms with Gasteiger partial charge in [0.2, 0.25) is 0 Å². The Bertz CT molecular complexity index is 1520. The molecule has 0 aliphatic rings. The number of furan rings is 1. The zero-order chi connectivity index (χ0) is 26.0. The number of halogens is 1. The number of carboxylic acids is 2. The van der Waals surface area contributed by atoms with Crippen LogP contribution in [0.25, 0.3) is 21.4 Å². The third-order valence-electron chi connectivity index (χ3n) is 5.15. The number of fused-ring (bicyclic) bond motifs is 1. The van der Waals surface area contributed by atoms with Gasteiger partial charge in [0.1, 0.15) is 5.76 Å². The van der Waals surface area contributed by atoms with Crippen molar-refractivity contribution < 1.29 is 37.0 Å². The minimum atomic E-state index is -4.22. The molecule has 187 valence electrons. The van der Waals surface area contributed by atoms with Crippen LogP contribution >= 0.6 is 11.3 Å². The summed E-state index contributed by atoms with van der Waals surface area (Å²) < 4.78 is 49.0. The molecule has 2 N–H and O–H groups in total. The first-order valence-electron chi connectivity index (χ1n) is 10.3. The molecule has 2 aromatic heterocycles. The van der Waals surface area contributed by atoms with E-state index in [-0.39, 0.29) is 22.7 Å². The van der Waals surface area contributed by atoms with Gasteiger partial charge < -0.3 is 4.42 Å². The fourth-order valence-corrected chi connectivity index (χ4v) is 6.88. The summed E-state index contributed by atoms with van der Waals surface area (Å²) in [5.41, 5.74) is 1.12. The Morgan fingerprint density at radius 3 is 2.33 bits per heavy atom. The standard InChI is InChI=1S/C23H18FN2O7S2Te/c24-18-7-8-19(26(36)13-22(29)30)17-10-15(34-23(17)18)11-25(12-21(27)28)35(31,32)16-5-3-14(4-6-16)20-2-1-9-33-20/h1-10H,11-13H2,(H,27,28)(H,29,30). The van der Waals surface area contributed by atoms with E-state index in [0.717, 1.165) is 15.6 Å². The Morgan fingerprint density at radius 2 is 1.72 bits per heavy atom. The molecule has 0 amide bonds. The van der Waals surface area contributed by atoms with E-state index in [1.54, 1.807) is 30.3 Å². The number of thiophene rings is 1. The normalized spacial score (nSPS) is 11.8. The molecular formula is C23H18FN2O7S2Te. The van der Waals surface area contributed by atoms with Crippen molar-refractivity contribution in [2.75, 3.05) is 16.2 Å². The Hall–Kier alpha value is -2.95. The Balaban J connectivity index is 1.68. The molecule has 1 radical (unpaired) electrons. The number of nitrogens with zero attached hydrogens (tertiary/aromatic N) is 2. The number of rotatable bonds is 10. The van der Waals surface area contributed by atoms with Crippen LogP contribution in [0.1, 0.15) is 4.88 Å². The van der Waals surface area contributed by atoms with E-state index in [2.05, 4.69) is 0 Å². The summed E-state index contributed by atoms with van der Waals surface area (Å²) in [7, 11) is -4.22. The molecule has 2 aromatic carbocycles. The summed E-state index contributed by atoms with van der Waals surface area (Å²) >= 11 is 2.44. The Morgan fingerprint density at radius 1 is 1.03 bits per heavy atom. The van der Waals surface area contributed by atoms with E-state index in [1.165, 1.54) is 56.2 Å². The van der Waals surface area contributed by atoms with E-state index in [1.807, 2.05) is 0 Å². The Kier molecular flexibility index (Phi) is 7.67. The van der Waals surface area contributed by atoms with Gasteiger partial charge in [-0.05, 0) is 12.1 Å². The molecule has 0 fully saturated rings. The molecule has 36 heavy (non-hydrogen) atoms. The molecule has 0 atom stereocenters. The second kappa shape index (κ2) is 10.6. The van der Waals surface area contributed by atoms with Crippen molar-refractivity contribution in [3.05, 3.63) is 71.6 Å². The van der Waals surface area contributed by atoms with E-state index >= 15 is 0 Å². The van der Waals surface area contributed by atoms with Crippen molar-refractivity contribution in [1.82, 2.24) is 4.31 Å². The number of hydrogen-bond donors (Lipinski definition) is 2. The summed E-state index contributed by atoms with van der Waals surface area (Å²) in [5, 5.41) is 18.9. The van der Waals surface area contributed by atoms with Gasteiger partial charge in [0.05, 0.1) is 6.26 Å². The van der Waals surface area contributed by atoms with Crippen LogP contribution in [-0.2, 0) is 26.2 Å². The molecule has 9 nitrogen and oxygen atoms in total. The predicted molar refractivity (Wildman–Crippen MR) is 132 cm³/mol. The second-order valence-electron chi connectivity index (χ2n) is 7.62. The van der Waals surface area contributed by atoms with Gasteiger partial charge in [-0.2, -0.15) is 0 Å². The molecule has 4 rings (SSSR count). The van der Waals surface area contributed by atoms with Gasteiger partial charge in [-0.3, -0.25) is 0 Å². The molecule has 0 spiro atoms.